The van der Waals surface area contributed by atoms with E-state index in [2.05, 4.69) is 50.3 Å². The number of H-pyrrole nitrogens is 1. The number of nitrogens with one attached hydrogen (secondary N) is 2. The van der Waals surface area contributed by atoms with Crippen LogP contribution in [0.25, 0.3) is 0 Å². The molecule has 1 aromatic carbocycles. The highest BCUT2D eigenvalue weighted by Crippen LogP contribution is 2.28. The zero-order valence-corrected chi connectivity index (χ0v) is 12.8. The van der Waals surface area contributed by atoms with Crippen molar-refractivity contribution in [3.8, 4) is 5.75 Å². The maximum absolute atomic E-state index is 11.6. The van der Waals surface area contributed by atoms with E-state index in [1.165, 1.54) is 11.9 Å². The van der Waals surface area contributed by atoms with Crippen LogP contribution in [0.3, 0.4) is 0 Å². The quantitative estimate of drug-likeness (QED) is 0.878. The average Bonchev–Trinajstić information content (AvgIpc) is 2.90. The normalized spacial score (nSPS) is 10.6. The number of halogens is 1. The predicted molar refractivity (Wildman–Crippen MR) is 78.7 cm³/mol. The summed E-state index contributed by atoms with van der Waals surface area (Å²) in [6.07, 6.45) is 1.32. The van der Waals surface area contributed by atoms with Crippen molar-refractivity contribution in [2.75, 3.05) is 11.9 Å². The molecule has 0 fully saturated rings. The van der Waals surface area contributed by atoms with E-state index < -0.39 is 0 Å². The van der Waals surface area contributed by atoms with Crippen molar-refractivity contribution in [3.05, 3.63) is 34.6 Å². The van der Waals surface area contributed by atoms with Crippen LogP contribution in [0.2, 0.25) is 0 Å². The smallest absolute Gasteiger partial charge is 0.264 e. The number of aromatic amines is 1. The molecular weight excluding hydrogens is 324 g/mol. The summed E-state index contributed by atoms with van der Waals surface area (Å²) in [6.45, 7) is 4.14. The Hall–Kier alpha value is -1.89. The summed E-state index contributed by atoms with van der Waals surface area (Å²) in [5, 5.41) is 8.71. The summed E-state index contributed by atoms with van der Waals surface area (Å²) in [5.74, 6) is 1.06. The Balaban J connectivity index is 1.92. The first-order valence-corrected chi connectivity index (χ1v) is 6.93. The second-order valence-corrected chi connectivity index (χ2v) is 5.37. The van der Waals surface area contributed by atoms with E-state index in [0.717, 1.165) is 4.47 Å². The van der Waals surface area contributed by atoms with Crippen molar-refractivity contribution in [2.45, 2.75) is 19.8 Å². The number of ether oxygens (including phenoxy) is 1. The van der Waals surface area contributed by atoms with Crippen molar-refractivity contribution >= 4 is 27.8 Å². The molecule has 0 aliphatic heterocycles. The maximum atomic E-state index is 11.6. The molecule has 0 aliphatic rings. The fourth-order valence-corrected chi connectivity index (χ4v) is 2.08. The first-order valence-electron chi connectivity index (χ1n) is 6.13. The van der Waals surface area contributed by atoms with Gasteiger partial charge in [-0.05, 0) is 39.5 Å². The molecule has 0 saturated carbocycles. The Bertz CT molecular complexity index is 584. The number of nitrogens with zero attached hydrogens (tertiary/aromatic N) is 2. The fourth-order valence-electron chi connectivity index (χ4n) is 1.57. The van der Waals surface area contributed by atoms with Crippen LogP contribution >= 0.6 is 15.9 Å². The number of carbonyl (C=O) groups excluding carboxylic acids is 1. The Morgan fingerprint density at radius 2 is 2.30 bits per heavy atom. The second kappa shape index (κ2) is 6.51. The van der Waals surface area contributed by atoms with Gasteiger partial charge in [0, 0.05) is 0 Å². The highest BCUT2D eigenvalue weighted by Gasteiger charge is 2.09. The number of amides is 1. The van der Waals surface area contributed by atoms with E-state index in [4.69, 9.17) is 4.74 Å². The maximum Gasteiger partial charge on any atom is 0.264 e. The number of benzene rings is 1. The third-order valence-corrected chi connectivity index (χ3v) is 3.27. The van der Waals surface area contributed by atoms with Crippen LogP contribution in [0.1, 0.15) is 25.3 Å². The van der Waals surface area contributed by atoms with E-state index in [1.54, 1.807) is 0 Å². The molecule has 1 aromatic heterocycles. The van der Waals surface area contributed by atoms with E-state index in [-0.39, 0.29) is 12.5 Å². The molecule has 0 atom stereocenters. The molecule has 2 N–H and O–H groups in total. The van der Waals surface area contributed by atoms with Crippen LogP contribution in [0.5, 0.6) is 5.75 Å². The summed E-state index contributed by atoms with van der Waals surface area (Å²) in [7, 11) is 0. The van der Waals surface area contributed by atoms with Crippen LogP contribution in [0, 0.1) is 0 Å². The van der Waals surface area contributed by atoms with Gasteiger partial charge in [-0.15, -0.1) is 0 Å². The Labute approximate surface area is 125 Å². The SMILES string of the molecule is CC(C)c1ccc(OCC(=O)Nc2ncn[nH]2)c(Br)c1. The molecule has 0 spiro atoms. The monoisotopic (exact) mass is 338 g/mol. The van der Waals surface area contributed by atoms with E-state index >= 15 is 0 Å². The Morgan fingerprint density at radius 3 is 2.90 bits per heavy atom. The first kappa shape index (κ1) is 14.5. The van der Waals surface area contributed by atoms with E-state index in [1.807, 2.05) is 18.2 Å². The number of hydrogen-bond acceptors (Lipinski definition) is 4. The third kappa shape index (κ3) is 3.80. The third-order valence-electron chi connectivity index (χ3n) is 2.65. The van der Waals surface area contributed by atoms with Crippen LogP contribution < -0.4 is 10.1 Å². The highest BCUT2D eigenvalue weighted by atomic mass is 79.9. The molecule has 2 rings (SSSR count). The number of hydrogen-bond donors (Lipinski definition) is 2. The molecule has 0 aliphatic carbocycles. The van der Waals surface area contributed by atoms with Gasteiger partial charge in [0.25, 0.3) is 5.91 Å². The zero-order chi connectivity index (χ0) is 14.5. The van der Waals surface area contributed by atoms with Gasteiger partial charge < -0.3 is 4.74 Å². The second-order valence-electron chi connectivity index (χ2n) is 4.52. The van der Waals surface area contributed by atoms with Gasteiger partial charge in [-0.1, -0.05) is 19.9 Å². The van der Waals surface area contributed by atoms with Crippen LogP contribution in [0.4, 0.5) is 5.95 Å². The predicted octanol–water partition coefficient (Wildman–Crippen LogP) is 2.71. The molecule has 1 heterocycles. The number of anilines is 1. The minimum Gasteiger partial charge on any atom is -0.483 e. The van der Waals surface area contributed by atoms with Crippen LogP contribution in [-0.2, 0) is 4.79 Å². The van der Waals surface area contributed by atoms with Gasteiger partial charge in [-0.2, -0.15) is 10.1 Å². The minimum absolute atomic E-state index is 0.0969. The largest absolute Gasteiger partial charge is 0.483 e. The van der Waals surface area contributed by atoms with Gasteiger partial charge in [-0.3, -0.25) is 10.1 Å². The molecule has 2 aromatic rings. The molecule has 7 heteroatoms. The van der Waals surface area contributed by atoms with Crippen molar-refractivity contribution in [1.29, 1.82) is 0 Å². The lowest BCUT2D eigenvalue weighted by molar-refractivity contribution is -0.118. The lowest BCUT2D eigenvalue weighted by Gasteiger charge is -2.11. The number of rotatable bonds is 5. The number of carbonyl (C=O) groups is 1. The lowest BCUT2D eigenvalue weighted by Crippen LogP contribution is -2.21. The molecule has 0 radical (unpaired) electrons. The molecule has 0 saturated heterocycles. The van der Waals surface area contributed by atoms with Gasteiger partial charge in [0.15, 0.2) is 6.61 Å². The molecule has 20 heavy (non-hydrogen) atoms. The molecule has 6 nitrogen and oxygen atoms in total. The van der Waals surface area contributed by atoms with Gasteiger partial charge in [0.1, 0.15) is 12.1 Å². The highest BCUT2D eigenvalue weighted by molar-refractivity contribution is 9.10. The van der Waals surface area contributed by atoms with Gasteiger partial charge >= 0.3 is 0 Å². The summed E-state index contributed by atoms with van der Waals surface area (Å²) >= 11 is 3.44. The molecule has 1 amide bonds. The van der Waals surface area contributed by atoms with Crippen LogP contribution in [-0.4, -0.2) is 27.7 Å². The molecule has 0 unspecified atom stereocenters. The van der Waals surface area contributed by atoms with E-state index in [0.29, 0.717) is 17.6 Å². The molecule has 106 valence electrons. The van der Waals surface area contributed by atoms with Crippen molar-refractivity contribution in [1.82, 2.24) is 15.2 Å². The van der Waals surface area contributed by atoms with Crippen molar-refractivity contribution in [2.24, 2.45) is 0 Å². The summed E-state index contributed by atoms with van der Waals surface area (Å²) in [6, 6.07) is 5.83. The minimum atomic E-state index is -0.304. The lowest BCUT2D eigenvalue weighted by atomic mass is 10.0. The van der Waals surface area contributed by atoms with Crippen molar-refractivity contribution < 1.29 is 9.53 Å². The summed E-state index contributed by atoms with van der Waals surface area (Å²) in [4.78, 5) is 15.4. The van der Waals surface area contributed by atoms with Crippen LogP contribution in [0.15, 0.2) is 29.0 Å². The summed E-state index contributed by atoms with van der Waals surface area (Å²) in [5.41, 5.74) is 1.20. The fraction of sp³-hybridized carbons (Fsp3) is 0.308. The first-order chi connectivity index (χ1) is 9.56. The van der Waals surface area contributed by atoms with Gasteiger partial charge in [0.2, 0.25) is 5.95 Å². The number of aromatic nitrogens is 3. The topological polar surface area (TPSA) is 79.9 Å². The van der Waals surface area contributed by atoms with E-state index in [9.17, 15) is 4.79 Å². The van der Waals surface area contributed by atoms with Crippen molar-refractivity contribution in [3.63, 3.8) is 0 Å². The van der Waals surface area contributed by atoms with Gasteiger partial charge in [-0.25, -0.2) is 5.10 Å². The molecule has 0 bridgehead atoms. The van der Waals surface area contributed by atoms with Gasteiger partial charge in [0.05, 0.1) is 4.47 Å². The molecular formula is C13H15BrN4O2. The standard InChI is InChI=1S/C13H15BrN4O2/c1-8(2)9-3-4-11(10(14)5-9)20-6-12(19)17-13-15-7-16-18-13/h3-5,7-8H,6H2,1-2H3,(H2,15,16,17,18,19). The Morgan fingerprint density at radius 1 is 1.50 bits per heavy atom. The summed E-state index contributed by atoms with van der Waals surface area (Å²) < 4.78 is 6.29. The Kier molecular flexibility index (Phi) is 4.73. The average molecular weight is 339 g/mol. The zero-order valence-electron chi connectivity index (χ0n) is 11.2.